The number of rotatable bonds is 1. The summed E-state index contributed by atoms with van der Waals surface area (Å²) >= 11 is 0. The maximum atomic E-state index is 14.3. The number of carbonyl (C=O) groups is 4. The minimum absolute atomic E-state index is 0.0461. The predicted molar refractivity (Wildman–Crippen MR) is 82.0 cm³/mol. The Bertz CT molecular complexity index is 795. The van der Waals surface area contributed by atoms with Gasteiger partial charge in [-0.15, -0.1) is 0 Å². The highest BCUT2D eigenvalue weighted by Crippen LogP contribution is 2.33. The van der Waals surface area contributed by atoms with Gasteiger partial charge in [0.25, 0.3) is 11.8 Å². The Morgan fingerprint density at radius 2 is 1.67 bits per heavy atom. The molecule has 0 aromatic heterocycles. The fourth-order valence-corrected chi connectivity index (χ4v) is 3.03. The normalized spacial score (nSPS) is 21.2. The number of hydrogen-bond acceptors (Lipinski definition) is 4. The molecule has 0 spiro atoms. The molecule has 1 aromatic carbocycles. The Morgan fingerprint density at radius 1 is 1.08 bits per heavy atom. The number of imide groups is 1. The standard InChI is InChI=1S/C17H17FN2O4/c1-17(2,3)10-4-8-9(5-11(10)18)16(24)20(15(8)23)12-7-19-14(22)6-13(12)21/h4-5,12H,6-7H2,1-3H3,(H,19,22). The largest absolute Gasteiger partial charge is 0.353 e. The lowest BCUT2D eigenvalue weighted by Crippen LogP contribution is -2.55. The fraction of sp³-hybridized carbons (Fsp3) is 0.412. The number of piperidine rings is 1. The number of carbonyl (C=O) groups excluding carboxylic acids is 4. The molecule has 1 N–H and O–H groups in total. The molecule has 1 fully saturated rings. The molecular formula is C17H17FN2O4. The van der Waals surface area contributed by atoms with E-state index in [1.54, 1.807) is 20.8 Å². The molecule has 0 bridgehead atoms. The summed E-state index contributed by atoms with van der Waals surface area (Å²) in [6.07, 6.45) is -0.375. The summed E-state index contributed by atoms with van der Waals surface area (Å²) in [4.78, 5) is 49.3. The van der Waals surface area contributed by atoms with Crippen LogP contribution >= 0.6 is 0 Å². The summed E-state index contributed by atoms with van der Waals surface area (Å²) in [5, 5.41) is 2.47. The Hall–Kier alpha value is -2.57. The number of fused-ring (bicyclic) bond motifs is 1. The van der Waals surface area contributed by atoms with Gasteiger partial charge in [-0.25, -0.2) is 4.39 Å². The molecule has 7 heteroatoms. The topological polar surface area (TPSA) is 83.6 Å². The molecule has 1 saturated heterocycles. The third-order valence-corrected chi connectivity index (χ3v) is 4.32. The summed E-state index contributed by atoms with van der Waals surface area (Å²) in [6, 6.07) is 1.40. The second-order valence-corrected chi connectivity index (χ2v) is 7.07. The minimum Gasteiger partial charge on any atom is -0.353 e. The van der Waals surface area contributed by atoms with E-state index in [1.807, 2.05) is 0 Å². The van der Waals surface area contributed by atoms with Gasteiger partial charge in [-0.2, -0.15) is 0 Å². The van der Waals surface area contributed by atoms with Crippen molar-refractivity contribution in [2.45, 2.75) is 38.6 Å². The van der Waals surface area contributed by atoms with Gasteiger partial charge in [0.05, 0.1) is 17.5 Å². The van der Waals surface area contributed by atoms with Crippen molar-refractivity contribution in [3.63, 3.8) is 0 Å². The number of Topliss-reactive ketones (excluding diaryl/α,β-unsaturated/α-hetero) is 1. The molecular weight excluding hydrogens is 315 g/mol. The Kier molecular flexibility index (Phi) is 3.55. The number of nitrogens with one attached hydrogen (secondary N) is 1. The zero-order chi connectivity index (χ0) is 17.8. The molecule has 6 nitrogen and oxygen atoms in total. The SMILES string of the molecule is CC(C)(C)c1cc2c(cc1F)C(=O)N(C1CNC(=O)CC1=O)C2=O. The minimum atomic E-state index is -1.05. The van der Waals surface area contributed by atoms with Crippen LogP contribution in [0.1, 0.15) is 53.5 Å². The van der Waals surface area contributed by atoms with Gasteiger partial charge in [-0.3, -0.25) is 24.1 Å². The van der Waals surface area contributed by atoms with E-state index < -0.39 is 40.8 Å². The maximum absolute atomic E-state index is 14.3. The third-order valence-electron chi connectivity index (χ3n) is 4.32. The number of halogens is 1. The lowest BCUT2D eigenvalue weighted by atomic mass is 9.85. The van der Waals surface area contributed by atoms with Crippen molar-refractivity contribution >= 4 is 23.5 Å². The van der Waals surface area contributed by atoms with E-state index in [4.69, 9.17) is 0 Å². The van der Waals surface area contributed by atoms with E-state index in [2.05, 4.69) is 5.32 Å². The monoisotopic (exact) mass is 332 g/mol. The van der Waals surface area contributed by atoms with E-state index in [0.29, 0.717) is 5.56 Å². The first-order valence-electron chi connectivity index (χ1n) is 7.62. The molecule has 0 saturated carbocycles. The molecule has 3 amide bonds. The van der Waals surface area contributed by atoms with Crippen molar-refractivity contribution in [1.29, 1.82) is 0 Å². The van der Waals surface area contributed by atoms with Gasteiger partial charge in [-0.05, 0) is 23.1 Å². The first-order chi connectivity index (χ1) is 11.1. The van der Waals surface area contributed by atoms with Gasteiger partial charge in [0.1, 0.15) is 11.9 Å². The van der Waals surface area contributed by atoms with Crippen LogP contribution in [-0.4, -0.2) is 41.0 Å². The average molecular weight is 332 g/mol. The van der Waals surface area contributed by atoms with E-state index in [9.17, 15) is 23.6 Å². The van der Waals surface area contributed by atoms with Gasteiger partial charge >= 0.3 is 0 Å². The van der Waals surface area contributed by atoms with Crippen molar-refractivity contribution in [3.8, 4) is 0 Å². The van der Waals surface area contributed by atoms with Crippen LogP contribution in [0.25, 0.3) is 0 Å². The number of amides is 3. The highest BCUT2D eigenvalue weighted by atomic mass is 19.1. The average Bonchev–Trinajstić information content (AvgIpc) is 2.69. The molecule has 2 aliphatic heterocycles. The molecule has 1 aromatic rings. The summed E-state index contributed by atoms with van der Waals surface area (Å²) < 4.78 is 14.3. The van der Waals surface area contributed by atoms with Gasteiger partial charge in [-0.1, -0.05) is 20.8 Å². The smallest absolute Gasteiger partial charge is 0.262 e. The van der Waals surface area contributed by atoms with Crippen molar-refractivity contribution < 1.29 is 23.6 Å². The third kappa shape index (κ3) is 2.40. The molecule has 126 valence electrons. The summed E-state index contributed by atoms with van der Waals surface area (Å²) in [5.41, 5.74) is -0.163. The number of ketones is 1. The molecule has 0 aliphatic carbocycles. The van der Waals surface area contributed by atoms with Crippen LogP contribution in [-0.2, 0) is 15.0 Å². The molecule has 24 heavy (non-hydrogen) atoms. The van der Waals surface area contributed by atoms with Crippen LogP contribution in [0.5, 0.6) is 0 Å². The predicted octanol–water partition coefficient (Wildman–Crippen LogP) is 1.18. The molecule has 3 rings (SSSR count). The van der Waals surface area contributed by atoms with E-state index in [0.717, 1.165) is 11.0 Å². The summed E-state index contributed by atoms with van der Waals surface area (Å²) in [7, 11) is 0. The van der Waals surface area contributed by atoms with E-state index >= 15 is 0 Å². The van der Waals surface area contributed by atoms with E-state index in [-0.39, 0.29) is 24.1 Å². The van der Waals surface area contributed by atoms with Gasteiger partial charge in [0.15, 0.2) is 5.78 Å². The highest BCUT2D eigenvalue weighted by Gasteiger charge is 2.45. The van der Waals surface area contributed by atoms with Gasteiger partial charge < -0.3 is 5.32 Å². The van der Waals surface area contributed by atoms with Crippen LogP contribution in [0.15, 0.2) is 12.1 Å². The lowest BCUT2D eigenvalue weighted by Gasteiger charge is -2.28. The Morgan fingerprint density at radius 3 is 2.21 bits per heavy atom. The molecule has 1 atom stereocenters. The lowest BCUT2D eigenvalue weighted by molar-refractivity contribution is -0.133. The van der Waals surface area contributed by atoms with Crippen LogP contribution in [0.2, 0.25) is 0 Å². The van der Waals surface area contributed by atoms with Crippen LogP contribution in [0.4, 0.5) is 4.39 Å². The highest BCUT2D eigenvalue weighted by molar-refractivity contribution is 6.23. The summed E-state index contributed by atoms with van der Waals surface area (Å²) in [5.74, 6) is -2.83. The number of hydrogen-bond donors (Lipinski definition) is 1. The number of benzene rings is 1. The molecule has 2 aliphatic rings. The fourth-order valence-electron chi connectivity index (χ4n) is 3.03. The van der Waals surface area contributed by atoms with Crippen molar-refractivity contribution in [2.24, 2.45) is 0 Å². The second-order valence-electron chi connectivity index (χ2n) is 7.07. The summed E-state index contributed by atoms with van der Waals surface area (Å²) in [6.45, 7) is 5.29. The van der Waals surface area contributed by atoms with Crippen LogP contribution < -0.4 is 5.32 Å². The molecule has 0 radical (unpaired) electrons. The zero-order valence-electron chi connectivity index (χ0n) is 13.6. The van der Waals surface area contributed by atoms with Gasteiger partial charge in [0, 0.05) is 6.54 Å². The van der Waals surface area contributed by atoms with Crippen molar-refractivity contribution in [1.82, 2.24) is 10.2 Å². The number of nitrogens with zero attached hydrogens (tertiary/aromatic N) is 1. The van der Waals surface area contributed by atoms with Crippen molar-refractivity contribution in [3.05, 3.63) is 34.6 Å². The second kappa shape index (κ2) is 5.22. The van der Waals surface area contributed by atoms with Crippen LogP contribution in [0.3, 0.4) is 0 Å². The first-order valence-corrected chi connectivity index (χ1v) is 7.62. The zero-order valence-corrected chi connectivity index (χ0v) is 13.6. The first kappa shape index (κ1) is 16.3. The molecule has 1 unspecified atom stereocenters. The quantitative estimate of drug-likeness (QED) is 0.618. The van der Waals surface area contributed by atoms with Crippen LogP contribution in [0, 0.1) is 5.82 Å². The molecule has 2 heterocycles. The van der Waals surface area contributed by atoms with E-state index in [1.165, 1.54) is 6.07 Å². The van der Waals surface area contributed by atoms with Crippen molar-refractivity contribution in [2.75, 3.05) is 6.54 Å². The maximum Gasteiger partial charge on any atom is 0.262 e. The Balaban J connectivity index is 2.03. The Labute approximate surface area is 138 Å². The van der Waals surface area contributed by atoms with Gasteiger partial charge in [0.2, 0.25) is 5.91 Å².